The molecule has 180 valence electrons. The molecule has 1 aliphatic carbocycles. The molecular formula is C22H28F3N5O3. The van der Waals surface area contributed by atoms with Gasteiger partial charge in [0.25, 0.3) is 0 Å². The number of alkyl halides is 3. The third-order valence-corrected chi connectivity index (χ3v) is 6.03. The van der Waals surface area contributed by atoms with Crippen LogP contribution < -0.4 is 15.5 Å². The fourth-order valence-corrected chi connectivity index (χ4v) is 4.27. The highest BCUT2D eigenvalue weighted by Gasteiger charge is 2.38. The van der Waals surface area contributed by atoms with Crippen LogP contribution in [0.3, 0.4) is 0 Å². The first kappa shape index (κ1) is 24.6. The first-order valence-corrected chi connectivity index (χ1v) is 10.9. The number of benzene rings is 1. The van der Waals surface area contributed by atoms with Crippen molar-refractivity contribution in [1.29, 1.82) is 5.26 Å². The lowest BCUT2D eigenvalue weighted by Gasteiger charge is -2.42. The summed E-state index contributed by atoms with van der Waals surface area (Å²) in [6.45, 7) is 0.992. The highest BCUT2D eigenvalue weighted by Crippen LogP contribution is 2.35. The minimum atomic E-state index is -4.68. The molecule has 1 aliphatic heterocycles. The molecule has 3 amide bonds. The Morgan fingerprint density at radius 1 is 1.24 bits per heavy atom. The van der Waals surface area contributed by atoms with Crippen molar-refractivity contribution in [2.24, 2.45) is 0 Å². The number of halogens is 3. The van der Waals surface area contributed by atoms with Gasteiger partial charge in [-0.2, -0.15) is 18.4 Å². The number of amides is 3. The summed E-state index contributed by atoms with van der Waals surface area (Å²) in [5.74, 6) is -0.400. The van der Waals surface area contributed by atoms with Crippen LogP contribution in [0, 0.1) is 11.3 Å². The quantitative estimate of drug-likeness (QED) is 0.627. The number of anilines is 1. The average molecular weight is 467 g/mol. The monoisotopic (exact) mass is 467 g/mol. The lowest BCUT2D eigenvalue weighted by atomic mass is 10.0. The van der Waals surface area contributed by atoms with Gasteiger partial charge in [-0.1, -0.05) is 12.8 Å². The van der Waals surface area contributed by atoms with Gasteiger partial charge in [-0.3, -0.25) is 4.79 Å². The molecule has 1 atom stereocenters. The van der Waals surface area contributed by atoms with Gasteiger partial charge in [-0.05, 0) is 31.0 Å². The molecule has 0 radical (unpaired) electrons. The molecule has 1 saturated heterocycles. The third-order valence-electron chi connectivity index (χ3n) is 6.03. The molecule has 2 N–H and O–H groups in total. The maximum atomic E-state index is 13.4. The number of carbonyl (C=O) groups excluding carboxylic acids is 2. The predicted octanol–water partition coefficient (Wildman–Crippen LogP) is 2.48. The first-order chi connectivity index (χ1) is 15.7. The number of nitrogens with zero attached hydrogens (tertiary/aromatic N) is 3. The van der Waals surface area contributed by atoms with E-state index in [0.29, 0.717) is 6.61 Å². The lowest BCUT2D eigenvalue weighted by Crippen LogP contribution is -2.63. The Bertz CT molecular complexity index is 896. The zero-order valence-corrected chi connectivity index (χ0v) is 18.5. The zero-order valence-electron chi connectivity index (χ0n) is 18.5. The van der Waals surface area contributed by atoms with Crippen LogP contribution >= 0.6 is 0 Å². The molecule has 0 bridgehead atoms. The lowest BCUT2D eigenvalue weighted by molar-refractivity contribution is -0.137. The van der Waals surface area contributed by atoms with E-state index in [2.05, 4.69) is 10.6 Å². The molecule has 1 aromatic rings. The van der Waals surface area contributed by atoms with Gasteiger partial charge < -0.3 is 25.2 Å². The summed E-state index contributed by atoms with van der Waals surface area (Å²) in [6.07, 6.45) is -0.815. The number of hydrogen-bond donors (Lipinski definition) is 2. The summed E-state index contributed by atoms with van der Waals surface area (Å²) in [6, 6.07) is 3.89. The van der Waals surface area contributed by atoms with E-state index < -0.39 is 29.3 Å². The Balaban J connectivity index is 1.80. The van der Waals surface area contributed by atoms with Crippen molar-refractivity contribution in [2.75, 3.05) is 44.8 Å². The third kappa shape index (κ3) is 6.07. The normalized spacial score (nSPS) is 19.3. The van der Waals surface area contributed by atoms with Crippen LogP contribution in [0.2, 0.25) is 0 Å². The highest BCUT2D eigenvalue weighted by atomic mass is 19.4. The van der Waals surface area contributed by atoms with E-state index in [-0.39, 0.29) is 43.9 Å². The molecule has 33 heavy (non-hydrogen) atoms. The van der Waals surface area contributed by atoms with E-state index in [1.807, 2.05) is 0 Å². The summed E-state index contributed by atoms with van der Waals surface area (Å²) in [4.78, 5) is 28.9. The molecule has 1 unspecified atom stereocenters. The SMILES string of the molecule is COCCNC(=O)C1CN(c2ccc(C#N)c(C(F)(F)F)c2)CCN1C(=O)NC1CCCC1. The summed E-state index contributed by atoms with van der Waals surface area (Å²) in [7, 11) is 1.50. The number of nitriles is 1. The molecule has 0 spiro atoms. The smallest absolute Gasteiger partial charge is 0.383 e. The number of hydrogen-bond acceptors (Lipinski definition) is 5. The van der Waals surface area contributed by atoms with Gasteiger partial charge in [0.1, 0.15) is 6.04 Å². The molecule has 2 fully saturated rings. The van der Waals surface area contributed by atoms with Gasteiger partial charge in [0.15, 0.2) is 0 Å². The summed E-state index contributed by atoms with van der Waals surface area (Å²) in [5, 5.41) is 14.7. The Labute approximate surface area is 190 Å². The van der Waals surface area contributed by atoms with E-state index in [1.54, 1.807) is 11.0 Å². The second-order valence-corrected chi connectivity index (χ2v) is 8.21. The molecule has 2 aliphatic rings. The van der Waals surface area contributed by atoms with Crippen molar-refractivity contribution in [3.63, 3.8) is 0 Å². The Morgan fingerprint density at radius 2 is 1.97 bits per heavy atom. The van der Waals surface area contributed by atoms with Gasteiger partial charge in [0, 0.05) is 45.0 Å². The van der Waals surface area contributed by atoms with Crippen LogP contribution in [0.1, 0.15) is 36.8 Å². The van der Waals surface area contributed by atoms with E-state index in [0.717, 1.165) is 37.8 Å². The maximum absolute atomic E-state index is 13.4. The molecule has 1 saturated carbocycles. The van der Waals surface area contributed by atoms with Crippen LogP contribution in [0.5, 0.6) is 0 Å². The fourth-order valence-electron chi connectivity index (χ4n) is 4.27. The van der Waals surface area contributed by atoms with Crippen LogP contribution in [0.15, 0.2) is 18.2 Å². The van der Waals surface area contributed by atoms with E-state index >= 15 is 0 Å². The van der Waals surface area contributed by atoms with Crippen LogP contribution in [0.25, 0.3) is 0 Å². The number of urea groups is 1. The van der Waals surface area contributed by atoms with Crippen molar-refractivity contribution >= 4 is 17.6 Å². The Hall–Kier alpha value is -3.00. The van der Waals surface area contributed by atoms with Crippen LogP contribution in [-0.4, -0.2) is 68.8 Å². The second-order valence-electron chi connectivity index (χ2n) is 8.21. The maximum Gasteiger partial charge on any atom is 0.417 e. The van der Waals surface area contributed by atoms with Crippen molar-refractivity contribution in [3.8, 4) is 6.07 Å². The minimum Gasteiger partial charge on any atom is -0.383 e. The first-order valence-electron chi connectivity index (χ1n) is 10.9. The van der Waals surface area contributed by atoms with Crippen LogP contribution in [-0.2, 0) is 15.7 Å². The highest BCUT2D eigenvalue weighted by molar-refractivity contribution is 5.88. The standard InChI is InChI=1S/C22H28F3N5O3/c1-33-11-8-27-20(31)19-14-29(9-10-30(19)21(32)28-16-4-2-3-5-16)17-7-6-15(13-26)18(12-17)22(23,24)25/h6-7,12,16,19H,2-5,8-11,14H2,1H3,(H,27,31)(H,28,32). The van der Waals surface area contributed by atoms with Gasteiger partial charge in [0.2, 0.25) is 5.91 Å². The predicted molar refractivity (Wildman–Crippen MR) is 115 cm³/mol. The Kier molecular flexibility index (Phi) is 8.02. The number of rotatable bonds is 6. The molecule has 0 aromatic heterocycles. The van der Waals surface area contributed by atoms with Gasteiger partial charge in [-0.15, -0.1) is 0 Å². The van der Waals surface area contributed by atoms with Gasteiger partial charge in [0.05, 0.1) is 23.8 Å². The largest absolute Gasteiger partial charge is 0.417 e. The summed E-state index contributed by atoms with van der Waals surface area (Å²) >= 11 is 0. The van der Waals surface area contributed by atoms with Crippen molar-refractivity contribution < 1.29 is 27.5 Å². The van der Waals surface area contributed by atoms with Crippen molar-refractivity contribution in [1.82, 2.24) is 15.5 Å². The van der Waals surface area contributed by atoms with Crippen LogP contribution in [0.4, 0.5) is 23.7 Å². The Morgan fingerprint density at radius 3 is 2.61 bits per heavy atom. The fraction of sp³-hybridized carbons (Fsp3) is 0.591. The molecular weight excluding hydrogens is 439 g/mol. The number of nitrogens with one attached hydrogen (secondary N) is 2. The summed E-state index contributed by atoms with van der Waals surface area (Å²) in [5.41, 5.74) is -1.24. The number of carbonyl (C=O) groups is 2. The van der Waals surface area contributed by atoms with E-state index in [4.69, 9.17) is 10.00 Å². The number of ether oxygens (including phenoxy) is 1. The molecule has 1 heterocycles. The molecule has 8 nitrogen and oxygen atoms in total. The van der Waals surface area contributed by atoms with Crippen molar-refractivity contribution in [3.05, 3.63) is 29.3 Å². The molecule has 11 heteroatoms. The number of piperazine rings is 1. The summed E-state index contributed by atoms with van der Waals surface area (Å²) < 4.78 is 45.2. The zero-order chi connectivity index (χ0) is 24.0. The average Bonchev–Trinajstić information content (AvgIpc) is 3.30. The van der Waals surface area contributed by atoms with E-state index in [1.165, 1.54) is 18.1 Å². The van der Waals surface area contributed by atoms with Gasteiger partial charge >= 0.3 is 12.2 Å². The minimum absolute atomic E-state index is 0.0279. The van der Waals surface area contributed by atoms with Crippen molar-refractivity contribution in [2.45, 2.75) is 43.9 Å². The number of methoxy groups -OCH3 is 1. The second kappa shape index (κ2) is 10.7. The molecule has 1 aromatic carbocycles. The van der Waals surface area contributed by atoms with E-state index in [9.17, 15) is 22.8 Å². The molecule has 3 rings (SSSR count). The van der Waals surface area contributed by atoms with Gasteiger partial charge in [-0.25, -0.2) is 4.79 Å². The topological polar surface area (TPSA) is 97.7 Å².